The lowest BCUT2D eigenvalue weighted by atomic mass is 9.96. The zero-order valence-corrected chi connectivity index (χ0v) is 10.2. The average Bonchev–Trinajstić information content (AvgIpc) is 2.28. The molecule has 0 saturated heterocycles. The molecule has 1 aliphatic rings. The van der Waals surface area contributed by atoms with Gasteiger partial charge in [-0.05, 0) is 19.8 Å². The van der Waals surface area contributed by atoms with Crippen molar-refractivity contribution in [2.75, 3.05) is 6.54 Å². The first-order valence-corrected chi connectivity index (χ1v) is 5.87. The minimum atomic E-state index is -0.963. The molecule has 6 nitrogen and oxygen atoms in total. The number of nitrogens with one attached hydrogen (secondary N) is 1. The second-order valence-electron chi connectivity index (χ2n) is 4.24. The topological polar surface area (TPSA) is 113 Å². The Bertz CT molecular complexity index is 238. The van der Waals surface area contributed by atoms with E-state index < -0.39 is 18.0 Å². The Hall–Kier alpha value is -1.14. The van der Waals surface area contributed by atoms with Gasteiger partial charge in [0.15, 0.2) is 0 Å². The fourth-order valence-corrected chi connectivity index (χ4v) is 1.54. The third kappa shape index (κ3) is 9.77. The van der Waals surface area contributed by atoms with Gasteiger partial charge in [-0.2, -0.15) is 0 Å². The molecule has 1 fully saturated rings. The van der Waals surface area contributed by atoms with Crippen LogP contribution in [0.2, 0.25) is 0 Å². The number of hydrogen-bond acceptors (Lipinski definition) is 4. The number of carboxylic acid groups (broad SMARTS) is 2. The molecule has 1 aliphatic carbocycles. The maximum absolute atomic E-state index is 10.2. The number of nitrogens with two attached hydrogens (primary N) is 1. The van der Waals surface area contributed by atoms with Crippen LogP contribution in [0.15, 0.2) is 0 Å². The van der Waals surface area contributed by atoms with Crippen molar-refractivity contribution in [2.24, 2.45) is 5.73 Å². The van der Waals surface area contributed by atoms with E-state index in [0.717, 1.165) is 12.8 Å². The number of hydrogen-bond donors (Lipinski definition) is 4. The molecule has 0 aromatic carbocycles. The zero-order chi connectivity index (χ0) is 13.3. The molecule has 0 unspecified atom stereocenters. The van der Waals surface area contributed by atoms with Gasteiger partial charge in [0.1, 0.15) is 6.04 Å². The summed E-state index contributed by atoms with van der Waals surface area (Å²) >= 11 is 0. The fourth-order valence-electron chi connectivity index (χ4n) is 1.54. The monoisotopic (exact) mass is 246 g/mol. The van der Waals surface area contributed by atoms with Crippen LogP contribution in [0.3, 0.4) is 0 Å². The average molecular weight is 246 g/mol. The van der Waals surface area contributed by atoms with Gasteiger partial charge in [0, 0.05) is 6.04 Å². The first kappa shape index (κ1) is 15.9. The Morgan fingerprint density at radius 1 is 1.29 bits per heavy atom. The van der Waals surface area contributed by atoms with Gasteiger partial charge in [0.25, 0.3) is 0 Å². The maximum Gasteiger partial charge on any atom is 0.320 e. The van der Waals surface area contributed by atoms with Gasteiger partial charge in [-0.15, -0.1) is 0 Å². The van der Waals surface area contributed by atoms with Crippen LogP contribution in [0.25, 0.3) is 0 Å². The van der Waals surface area contributed by atoms with Crippen molar-refractivity contribution in [2.45, 2.75) is 51.1 Å². The predicted octanol–water partition coefficient (Wildman–Crippen LogP) is 0.412. The Morgan fingerprint density at radius 3 is 2.12 bits per heavy atom. The summed E-state index contributed by atoms with van der Waals surface area (Å²) < 4.78 is 0. The highest BCUT2D eigenvalue weighted by atomic mass is 16.4. The van der Waals surface area contributed by atoms with E-state index in [1.165, 1.54) is 26.2 Å². The summed E-state index contributed by atoms with van der Waals surface area (Å²) in [4.78, 5) is 19.8. The predicted molar refractivity (Wildman–Crippen MR) is 63.8 cm³/mol. The highest BCUT2D eigenvalue weighted by Gasteiger charge is 2.12. The standard InChI is InChI=1S/C8H15NO2.C3H7NO2/c10-8(11)6-9-7-4-2-1-3-5-7;1-2(4)3(5)6/h7,9H,1-6H2,(H,10,11);2H,4H2,1H3,(H,5,6)/t;2-/m.0/s1. The number of rotatable bonds is 4. The quantitative estimate of drug-likeness (QED) is 0.571. The van der Waals surface area contributed by atoms with Crippen molar-refractivity contribution in [3.05, 3.63) is 0 Å². The normalized spacial score (nSPS) is 17.8. The minimum Gasteiger partial charge on any atom is -0.480 e. The highest BCUT2D eigenvalue weighted by molar-refractivity contribution is 5.72. The van der Waals surface area contributed by atoms with Gasteiger partial charge in [-0.25, -0.2) is 0 Å². The summed E-state index contributed by atoms with van der Waals surface area (Å²) in [6.45, 7) is 1.53. The molecule has 0 aliphatic heterocycles. The molecular weight excluding hydrogens is 224 g/mol. The summed E-state index contributed by atoms with van der Waals surface area (Å²) in [7, 11) is 0. The summed E-state index contributed by atoms with van der Waals surface area (Å²) in [5.41, 5.74) is 4.84. The Labute approximate surface area is 101 Å². The SMILES string of the molecule is C[C@H](N)C(=O)O.O=C(O)CNC1CCCCC1. The number of carbonyl (C=O) groups is 2. The molecule has 1 atom stereocenters. The van der Waals surface area contributed by atoms with Crippen LogP contribution < -0.4 is 11.1 Å². The van der Waals surface area contributed by atoms with Crippen molar-refractivity contribution in [1.29, 1.82) is 0 Å². The van der Waals surface area contributed by atoms with E-state index >= 15 is 0 Å². The molecule has 6 heteroatoms. The lowest BCUT2D eigenvalue weighted by Gasteiger charge is -2.21. The molecule has 0 amide bonds. The van der Waals surface area contributed by atoms with Gasteiger partial charge < -0.3 is 21.3 Å². The van der Waals surface area contributed by atoms with Crippen LogP contribution in [-0.4, -0.2) is 40.8 Å². The van der Waals surface area contributed by atoms with Crippen molar-refractivity contribution in [3.8, 4) is 0 Å². The van der Waals surface area contributed by atoms with Gasteiger partial charge in [0.2, 0.25) is 0 Å². The van der Waals surface area contributed by atoms with E-state index in [-0.39, 0.29) is 6.54 Å². The Morgan fingerprint density at radius 2 is 1.76 bits per heavy atom. The minimum absolute atomic E-state index is 0.116. The lowest BCUT2D eigenvalue weighted by Crippen LogP contribution is -2.34. The summed E-state index contributed by atoms with van der Waals surface area (Å²) in [5.74, 6) is -1.72. The van der Waals surface area contributed by atoms with Gasteiger partial charge in [-0.1, -0.05) is 19.3 Å². The third-order valence-corrected chi connectivity index (χ3v) is 2.54. The summed E-state index contributed by atoms with van der Waals surface area (Å²) in [5, 5.41) is 19.3. The van der Waals surface area contributed by atoms with Crippen molar-refractivity contribution < 1.29 is 19.8 Å². The highest BCUT2D eigenvalue weighted by Crippen LogP contribution is 2.16. The second-order valence-corrected chi connectivity index (χ2v) is 4.24. The fraction of sp³-hybridized carbons (Fsp3) is 0.818. The number of aliphatic carboxylic acids is 2. The van der Waals surface area contributed by atoms with E-state index in [0.29, 0.717) is 6.04 Å². The van der Waals surface area contributed by atoms with Crippen LogP contribution in [0.4, 0.5) is 0 Å². The van der Waals surface area contributed by atoms with Crippen molar-refractivity contribution in [1.82, 2.24) is 5.32 Å². The molecule has 0 spiro atoms. The van der Waals surface area contributed by atoms with Crippen molar-refractivity contribution in [3.63, 3.8) is 0 Å². The maximum atomic E-state index is 10.2. The van der Waals surface area contributed by atoms with Crippen LogP contribution in [-0.2, 0) is 9.59 Å². The molecule has 0 aromatic heterocycles. The first-order valence-electron chi connectivity index (χ1n) is 5.87. The second kappa shape index (κ2) is 8.95. The molecule has 5 N–H and O–H groups in total. The van der Waals surface area contributed by atoms with Gasteiger partial charge in [0.05, 0.1) is 6.54 Å². The lowest BCUT2D eigenvalue weighted by molar-refractivity contribution is -0.138. The van der Waals surface area contributed by atoms with Gasteiger partial charge >= 0.3 is 11.9 Å². The smallest absolute Gasteiger partial charge is 0.320 e. The largest absolute Gasteiger partial charge is 0.480 e. The molecule has 0 radical (unpaired) electrons. The molecule has 1 saturated carbocycles. The first-order chi connectivity index (χ1) is 7.93. The van der Waals surface area contributed by atoms with E-state index in [1.807, 2.05) is 0 Å². The molecule has 17 heavy (non-hydrogen) atoms. The Balaban J connectivity index is 0.000000366. The zero-order valence-electron chi connectivity index (χ0n) is 10.2. The van der Waals surface area contributed by atoms with E-state index in [4.69, 9.17) is 15.9 Å². The van der Waals surface area contributed by atoms with Crippen LogP contribution >= 0.6 is 0 Å². The molecule has 100 valence electrons. The van der Waals surface area contributed by atoms with E-state index in [2.05, 4.69) is 5.32 Å². The van der Waals surface area contributed by atoms with Crippen LogP contribution in [0.1, 0.15) is 39.0 Å². The van der Waals surface area contributed by atoms with Crippen LogP contribution in [0, 0.1) is 0 Å². The summed E-state index contributed by atoms with van der Waals surface area (Å²) in [6.07, 6.45) is 6.10. The third-order valence-electron chi connectivity index (χ3n) is 2.54. The van der Waals surface area contributed by atoms with Gasteiger partial charge in [-0.3, -0.25) is 9.59 Å². The molecule has 0 heterocycles. The molecule has 0 bridgehead atoms. The number of carboxylic acids is 2. The van der Waals surface area contributed by atoms with Crippen LogP contribution in [0.5, 0.6) is 0 Å². The van der Waals surface area contributed by atoms with E-state index in [1.54, 1.807) is 0 Å². The molecule has 0 aromatic rings. The van der Waals surface area contributed by atoms with E-state index in [9.17, 15) is 9.59 Å². The van der Waals surface area contributed by atoms with Crippen molar-refractivity contribution >= 4 is 11.9 Å². The molecular formula is C11H22N2O4. The molecule has 1 rings (SSSR count). The summed E-state index contributed by atoms with van der Waals surface area (Å²) in [6, 6.07) is -0.273. The Kier molecular flexibility index (Phi) is 8.35.